The van der Waals surface area contributed by atoms with E-state index >= 15 is 0 Å². The van der Waals surface area contributed by atoms with Crippen LogP contribution in [0.2, 0.25) is 5.02 Å². The van der Waals surface area contributed by atoms with Crippen LogP contribution in [-0.4, -0.2) is 29.6 Å². The Hall–Kier alpha value is -2.34. The van der Waals surface area contributed by atoms with Crippen molar-refractivity contribution in [2.75, 3.05) is 13.1 Å². The molecule has 3 nitrogen and oxygen atoms in total. The normalized spacial score (nSPS) is 17.4. The molecular formula is C21H18ClF3N2O. The van der Waals surface area contributed by atoms with Crippen molar-refractivity contribution in [2.45, 2.75) is 31.5 Å². The summed E-state index contributed by atoms with van der Waals surface area (Å²) in [7, 11) is 0. The molecule has 0 atom stereocenters. The fourth-order valence-corrected chi connectivity index (χ4v) is 4.26. The smallest absolute Gasteiger partial charge is 0.337 e. The predicted octanol–water partition coefficient (Wildman–Crippen LogP) is 5.07. The summed E-state index contributed by atoms with van der Waals surface area (Å²) in [4.78, 5) is 19.0. The Bertz CT molecular complexity index is 947. The van der Waals surface area contributed by atoms with Crippen LogP contribution in [0.15, 0.2) is 47.5 Å². The lowest BCUT2D eigenvalue weighted by Gasteiger charge is -2.33. The Morgan fingerprint density at radius 3 is 2.50 bits per heavy atom. The second kappa shape index (κ2) is 7.24. The minimum absolute atomic E-state index is 0.177. The molecule has 4 rings (SSSR count). The van der Waals surface area contributed by atoms with Gasteiger partial charge in [-0.15, -0.1) is 0 Å². The van der Waals surface area contributed by atoms with Gasteiger partial charge in [0.2, 0.25) is 0 Å². The van der Waals surface area contributed by atoms with Gasteiger partial charge >= 0.3 is 6.18 Å². The summed E-state index contributed by atoms with van der Waals surface area (Å²) < 4.78 is 39.9. The quantitative estimate of drug-likeness (QED) is 0.685. The number of halogens is 4. The first-order valence-corrected chi connectivity index (χ1v) is 9.51. The number of fused-ring (bicyclic) bond motifs is 1. The van der Waals surface area contributed by atoms with Gasteiger partial charge in [-0.2, -0.15) is 13.2 Å². The molecule has 7 heteroatoms. The molecule has 2 aromatic carbocycles. The second-order valence-electron chi connectivity index (χ2n) is 7.08. The number of carbonyl (C=O) groups excluding carboxylic acids is 1. The van der Waals surface area contributed by atoms with Crippen molar-refractivity contribution < 1.29 is 18.0 Å². The number of likely N-dealkylation sites (tertiary alicyclic amines) is 1. The molecule has 0 aliphatic carbocycles. The third-order valence-electron chi connectivity index (χ3n) is 5.46. The maximum absolute atomic E-state index is 13.3. The molecule has 2 aromatic rings. The topological polar surface area (TPSA) is 32.7 Å². The molecule has 1 saturated heterocycles. The highest BCUT2D eigenvalue weighted by Crippen LogP contribution is 2.39. The maximum atomic E-state index is 13.3. The van der Waals surface area contributed by atoms with Crippen molar-refractivity contribution >= 4 is 23.2 Å². The lowest BCUT2D eigenvalue weighted by atomic mass is 9.86. The lowest BCUT2D eigenvalue weighted by molar-refractivity contribution is -0.138. The summed E-state index contributed by atoms with van der Waals surface area (Å²) in [6, 6.07) is 11.1. The molecule has 0 saturated carbocycles. The Balaban J connectivity index is 1.48. The van der Waals surface area contributed by atoms with Crippen LogP contribution in [0.3, 0.4) is 0 Å². The van der Waals surface area contributed by atoms with Crippen molar-refractivity contribution in [1.29, 1.82) is 0 Å². The molecule has 0 spiro atoms. The molecule has 2 heterocycles. The van der Waals surface area contributed by atoms with Crippen molar-refractivity contribution in [3.63, 3.8) is 0 Å². The van der Waals surface area contributed by atoms with Gasteiger partial charge in [-0.05, 0) is 36.5 Å². The van der Waals surface area contributed by atoms with Crippen LogP contribution in [0.1, 0.15) is 41.0 Å². The third-order valence-corrected chi connectivity index (χ3v) is 5.81. The summed E-state index contributed by atoms with van der Waals surface area (Å²) in [5.74, 6) is -0.391. The third kappa shape index (κ3) is 3.41. The highest BCUT2D eigenvalue weighted by atomic mass is 35.5. The zero-order valence-corrected chi connectivity index (χ0v) is 15.7. The molecule has 0 N–H and O–H groups in total. The van der Waals surface area contributed by atoms with E-state index in [1.165, 1.54) is 6.07 Å². The summed E-state index contributed by atoms with van der Waals surface area (Å²) in [6.45, 7) is 1.20. The summed E-state index contributed by atoms with van der Waals surface area (Å²) in [6.07, 6.45) is -3.38. The van der Waals surface area contributed by atoms with Crippen molar-refractivity contribution in [3.05, 3.63) is 69.7 Å². The highest BCUT2D eigenvalue weighted by Gasteiger charge is 2.36. The minimum Gasteiger partial charge on any atom is -0.337 e. The minimum atomic E-state index is -4.37. The first-order valence-electron chi connectivity index (χ1n) is 9.14. The zero-order chi connectivity index (χ0) is 19.9. The average Bonchev–Trinajstić information content (AvgIpc) is 3.12. The lowest BCUT2D eigenvalue weighted by Crippen LogP contribution is -2.42. The number of nitrogens with zero attached hydrogens (tertiary/aromatic N) is 2. The van der Waals surface area contributed by atoms with E-state index in [-0.39, 0.29) is 11.8 Å². The van der Waals surface area contributed by atoms with Crippen LogP contribution in [0, 0.1) is 0 Å². The molecule has 0 unspecified atom stereocenters. The summed E-state index contributed by atoms with van der Waals surface area (Å²) in [5, 5.41) is 0.589. The fourth-order valence-electron chi connectivity index (χ4n) is 4.02. The van der Waals surface area contributed by atoms with Gasteiger partial charge in [0, 0.05) is 29.2 Å². The van der Waals surface area contributed by atoms with Crippen LogP contribution in [0.4, 0.5) is 13.2 Å². The monoisotopic (exact) mass is 406 g/mol. The Kier molecular flexibility index (Phi) is 4.91. The molecule has 0 bridgehead atoms. The standard InChI is InChI=1S/C21H18ClF3N2O/c22-18-7-3-5-15-16(18)12-26-19(15)20(28)27-10-8-13(9-11-27)14-4-1-2-6-17(14)21(23,24)25/h1-7,13H,8-12H2. The molecule has 0 radical (unpaired) electrons. The molecule has 28 heavy (non-hydrogen) atoms. The number of alkyl halides is 3. The fraction of sp³-hybridized carbons (Fsp3) is 0.333. The molecular weight excluding hydrogens is 389 g/mol. The largest absolute Gasteiger partial charge is 0.416 e. The number of carbonyl (C=O) groups is 1. The van der Waals surface area contributed by atoms with E-state index in [0.717, 1.165) is 17.2 Å². The van der Waals surface area contributed by atoms with Crippen LogP contribution in [0.25, 0.3) is 0 Å². The molecule has 2 aliphatic rings. The number of aliphatic imine (C=N–C) groups is 1. The van der Waals surface area contributed by atoms with E-state index in [9.17, 15) is 18.0 Å². The Morgan fingerprint density at radius 1 is 1.07 bits per heavy atom. The van der Waals surface area contributed by atoms with Crippen LogP contribution in [0.5, 0.6) is 0 Å². The molecule has 1 fully saturated rings. The van der Waals surface area contributed by atoms with Crippen molar-refractivity contribution in [3.8, 4) is 0 Å². The Morgan fingerprint density at radius 2 is 1.79 bits per heavy atom. The number of amides is 1. The maximum Gasteiger partial charge on any atom is 0.416 e. The highest BCUT2D eigenvalue weighted by molar-refractivity contribution is 6.47. The van der Waals surface area contributed by atoms with E-state index in [2.05, 4.69) is 4.99 Å². The first kappa shape index (κ1) is 19.0. The molecule has 2 aliphatic heterocycles. The van der Waals surface area contributed by atoms with E-state index in [1.54, 1.807) is 29.2 Å². The number of piperidine rings is 1. The van der Waals surface area contributed by atoms with E-state index in [1.807, 2.05) is 6.07 Å². The van der Waals surface area contributed by atoms with Crippen LogP contribution < -0.4 is 0 Å². The van der Waals surface area contributed by atoms with Gasteiger partial charge in [-0.1, -0.05) is 41.9 Å². The van der Waals surface area contributed by atoms with E-state index in [4.69, 9.17) is 11.6 Å². The van der Waals surface area contributed by atoms with Crippen LogP contribution >= 0.6 is 11.6 Å². The molecule has 0 aromatic heterocycles. The number of rotatable bonds is 2. The Labute approximate surface area is 165 Å². The summed E-state index contributed by atoms with van der Waals surface area (Å²) in [5.41, 5.74) is 1.73. The average molecular weight is 407 g/mol. The van der Waals surface area contributed by atoms with Gasteiger partial charge in [0.1, 0.15) is 5.71 Å². The second-order valence-corrected chi connectivity index (χ2v) is 7.49. The van der Waals surface area contributed by atoms with Crippen molar-refractivity contribution in [1.82, 2.24) is 4.90 Å². The van der Waals surface area contributed by atoms with Gasteiger partial charge in [0.15, 0.2) is 0 Å². The first-order chi connectivity index (χ1) is 13.4. The van der Waals surface area contributed by atoms with Gasteiger partial charge in [0.25, 0.3) is 5.91 Å². The van der Waals surface area contributed by atoms with Gasteiger partial charge in [-0.25, -0.2) is 0 Å². The van der Waals surface area contributed by atoms with Gasteiger partial charge < -0.3 is 4.90 Å². The van der Waals surface area contributed by atoms with E-state index < -0.39 is 11.7 Å². The number of hydrogen-bond donors (Lipinski definition) is 0. The number of benzene rings is 2. The van der Waals surface area contributed by atoms with Gasteiger partial charge in [0.05, 0.1) is 12.1 Å². The molecule has 1 amide bonds. The summed E-state index contributed by atoms with van der Waals surface area (Å²) >= 11 is 6.17. The van der Waals surface area contributed by atoms with Crippen molar-refractivity contribution in [2.24, 2.45) is 4.99 Å². The zero-order valence-electron chi connectivity index (χ0n) is 15.0. The predicted molar refractivity (Wildman–Crippen MR) is 102 cm³/mol. The molecule has 146 valence electrons. The van der Waals surface area contributed by atoms with E-state index in [0.29, 0.717) is 48.8 Å². The van der Waals surface area contributed by atoms with Crippen LogP contribution in [-0.2, 0) is 17.5 Å². The van der Waals surface area contributed by atoms with Gasteiger partial charge in [-0.3, -0.25) is 9.79 Å². The number of hydrogen-bond acceptors (Lipinski definition) is 2. The SMILES string of the molecule is O=C(C1=NCc2c(Cl)cccc21)N1CCC(c2ccccc2C(F)(F)F)CC1.